The number of fused-ring (bicyclic) bond motifs is 1. The Labute approximate surface area is 132 Å². The normalized spacial score (nSPS) is 15.8. The largest absolute Gasteiger partial charge is 0.464 e. The standard InChI is InChI=1S/C19H25NO2/c1-13(2)20(16-6-4-5-7-16)19(21)11-15-12-22-18-10-14(3)8-9-17(15)18/h8-10,12-13,16H,4-7,11H2,1-3H3. The zero-order chi connectivity index (χ0) is 15.7. The van der Waals surface area contributed by atoms with E-state index >= 15 is 0 Å². The van der Waals surface area contributed by atoms with Gasteiger partial charge in [-0.2, -0.15) is 0 Å². The van der Waals surface area contributed by atoms with Gasteiger partial charge in [0.1, 0.15) is 5.58 Å². The molecular weight excluding hydrogens is 274 g/mol. The fourth-order valence-electron chi connectivity index (χ4n) is 3.68. The van der Waals surface area contributed by atoms with E-state index in [1.807, 2.05) is 13.0 Å². The Morgan fingerprint density at radius 2 is 2.05 bits per heavy atom. The van der Waals surface area contributed by atoms with Gasteiger partial charge in [-0.25, -0.2) is 0 Å². The molecule has 3 nitrogen and oxygen atoms in total. The number of hydrogen-bond donors (Lipinski definition) is 0. The number of rotatable bonds is 4. The average Bonchev–Trinajstić information content (AvgIpc) is 3.09. The minimum atomic E-state index is 0.227. The summed E-state index contributed by atoms with van der Waals surface area (Å²) in [6, 6.07) is 6.85. The number of hydrogen-bond acceptors (Lipinski definition) is 2. The number of furan rings is 1. The van der Waals surface area contributed by atoms with Crippen LogP contribution in [0.2, 0.25) is 0 Å². The molecular formula is C19H25NO2. The van der Waals surface area contributed by atoms with E-state index in [4.69, 9.17) is 4.42 Å². The molecule has 1 aliphatic carbocycles. The lowest BCUT2D eigenvalue weighted by molar-refractivity contribution is -0.134. The van der Waals surface area contributed by atoms with Crippen LogP contribution in [0.15, 0.2) is 28.9 Å². The third kappa shape index (κ3) is 2.90. The van der Waals surface area contributed by atoms with Gasteiger partial charge in [0.15, 0.2) is 0 Å². The number of aryl methyl sites for hydroxylation is 1. The molecule has 0 N–H and O–H groups in total. The molecule has 0 unspecified atom stereocenters. The highest BCUT2D eigenvalue weighted by Gasteiger charge is 2.29. The number of carbonyl (C=O) groups is 1. The van der Waals surface area contributed by atoms with Gasteiger partial charge in [0.2, 0.25) is 5.91 Å². The molecule has 0 radical (unpaired) electrons. The molecule has 1 saturated carbocycles. The third-order valence-electron chi connectivity index (χ3n) is 4.72. The first-order valence-electron chi connectivity index (χ1n) is 8.34. The van der Waals surface area contributed by atoms with E-state index in [9.17, 15) is 4.79 Å². The first-order valence-corrected chi connectivity index (χ1v) is 8.34. The molecule has 0 bridgehead atoms. The lowest BCUT2D eigenvalue weighted by Crippen LogP contribution is -2.44. The van der Waals surface area contributed by atoms with Gasteiger partial charge < -0.3 is 9.32 Å². The predicted octanol–water partition coefficient (Wildman–Crippen LogP) is 4.46. The minimum Gasteiger partial charge on any atom is -0.464 e. The summed E-state index contributed by atoms with van der Waals surface area (Å²) in [5.74, 6) is 0.227. The van der Waals surface area contributed by atoms with Crippen molar-refractivity contribution in [3.8, 4) is 0 Å². The average molecular weight is 299 g/mol. The Hall–Kier alpha value is -1.77. The van der Waals surface area contributed by atoms with E-state index in [0.717, 1.165) is 29.4 Å². The second-order valence-corrected chi connectivity index (χ2v) is 6.77. The van der Waals surface area contributed by atoms with Crippen molar-refractivity contribution in [2.45, 2.75) is 65.0 Å². The van der Waals surface area contributed by atoms with Crippen molar-refractivity contribution in [1.82, 2.24) is 4.90 Å². The van der Waals surface area contributed by atoms with Crippen molar-refractivity contribution in [3.63, 3.8) is 0 Å². The fraction of sp³-hybridized carbons (Fsp3) is 0.526. The van der Waals surface area contributed by atoms with Crippen LogP contribution in [-0.4, -0.2) is 22.9 Å². The van der Waals surface area contributed by atoms with Crippen molar-refractivity contribution < 1.29 is 9.21 Å². The van der Waals surface area contributed by atoms with E-state index in [0.29, 0.717) is 12.5 Å². The van der Waals surface area contributed by atoms with Crippen LogP contribution in [0.5, 0.6) is 0 Å². The van der Waals surface area contributed by atoms with E-state index in [-0.39, 0.29) is 11.9 Å². The van der Waals surface area contributed by atoms with E-state index in [1.165, 1.54) is 18.4 Å². The summed E-state index contributed by atoms with van der Waals surface area (Å²) in [6.45, 7) is 6.29. The highest BCUT2D eigenvalue weighted by Crippen LogP contribution is 2.27. The zero-order valence-corrected chi connectivity index (χ0v) is 13.8. The second-order valence-electron chi connectivity index (χ2n) is 6.77. The van der Waals surface area contributed by atoms with Crippen molar-refractivity contribution in [2.75, 3.05) is 0 Å². The van der Waals surface area contributed by atoms with Gasteiger partial charge in [-0.05, 0) is 45.2 Å². The number of nitrogens with zero attached hydrogens (tertiary/aromatic N) is 1. The molecule has 0 aliphatic heterocycles. The van der Waals surface area contributed by atoms with Crippen LogP contribution in [0, 0.1) is 6.92 Å². The van der Waals surface area contributed by atoms with E-state index in [2.05, 4.69) is 30.9 Å². The minimum absolute atomic E-state index is 0.227. The maximum Gasteiger partial charge on any atom is 0.227 e. The molecule has 1 heterocycles. The van der Waals surface area contributed by atoms with Gasteiger partial charge in [-0.15, -0.1) is 0 Å². The maximum absolute atomic E-state index is 12.8. The summed E-state index contributed by atoms with van der Waals surface area (Å²) >= 11 is 0. The number of amides is 1. The lowest BCUT2D eigenvalue weighted by atomic mass is 10.1. The highest BCUT2D eigenvalue weighted by atomic mass is 16.3. The molecule has 3 rings (SSSR count). The van der Waals surface area contributed by atoms with Gasteiger partial charge in [0, 0.05) is 23.0 Å². The number of benzene rings is 1. The molecule has 1 aliphatic rings. The zero-order valence-electron chi connectivity index (χ0n) is 13.8. The maximum atomic E-state index is 12.8. The van der Waals surface area contributed by atoms with Crippen LogP contribution >= 0.6 is 0 Å². The van der Waals surface area contributed by atoms with Crippen molar-refractivity contribution >= 4 is 16.9 Å². The Morgan fingerprint density at radius 3 is 2.73 bits per heavy atom. The van der Waals surface area contributed by atoms with Crippen LogP contribution in [0.3, 0.4) is 0 Å². The van der Waals surface area contributed by atoms with Crippen LogP contribution in [0.25, 0.3) is 11.0 Å². The summed E-state index contributed by atoms with van der Waals surface area (Å²) in [7, 11) is 0. The van der Waals surface area contributed by atoms with Crippen LogP contribution in [0.4, 0.5) is 0 Å². The van der Waals surface area contributed by atoms with Gasteiger partial charge in [0.05, 0.1) is 12.7 Å². The first kappa shape index (κ1) is 15.1. The third-order valence-corrected chi connectivity index (χ3v) is 4.72. The molecule has 1 amide bonds. The quantitative estimate of drug-likeness (QED) is 0.835. The molecule has 0 atom stereocenters. The molecule has 1 aromatic carbocycles. The summed E-state index contributed by atoms with van der Waals surface area (Å²) in [5, 5.41) is 1.06. The van der Waals surface area contributed by atoms with Crippen LogP contribution in [-0.2, 0) is 11.2 Å². The van der Waals surface area contributed by atoms with Crippen molar-refractivity contribution in [2.24, 2.45) is 0 Å². The van der Waals surface area contributed by atoms with Gasteiger partial charge >= 0.3 is 0 Å². The molecule has 1 fully saturated rings. The molecule has 1 aromatic heterocycles. The molecule has 0 saturated heterocycles. The predicted molar refractivity (Wildman–Crippen MR) is 88.9 cm³/mol. The Balaban J connectivity index is 1.81. The van der Waals surface area contributed by atoms with Crippen LogP contribution < -0.4 is 0 Å². The summed E-state index contributed by atoms with van der Waals surface area (Å²) in [5.41, 5.74) is 3.05. The molecule has 2 aromatic rings. The highest BCUT2D eigenvalue weighted by molar-refractivity contribution is 5.88. The monoisotopic (exact) mass is 299 g/mol. The summed E-state index contributed by atoms with van der Waals surface area (Å²) in [6.07, 6.45) is 6.97. The van der Waals surface area contributed by atoms with Gasteiger partial charge in [-0.1, -0.05) is 25.0 Å². The fourth-order valence-corrected chi connectivity index (χ4v) is 3.68. The SMILES string of the molecule is Cc1ccc2c(CC(=O)N(C(C)C)C3CCCC3)coc2c1. The second kappa shape index (κ2) is 6.15. The summed E-state index contributed by atoms with van der Waals surface area (Å²) < 4.78 is 5.63. The Morgan fingerprint density at radius 1 is 1.32 bits per heavy atom. The molecule has 118 valence electrons. The van der Waals surface area contributed by atoms with E-state index < -0.39 is 0 Å². The Bertz CT molecular complexity index is 665. The Kier molecular flexibility index (Phi) is 4.23. The van der Waals surface area contributed by atoms with Gasteiger partial charge in [-0.3, -0.25) is 4.79 Å². The van der Waals surface area contributed by atoms with Crippen molar-refractivity contribution in [1.29, 1.82) is 0 Å². The number of carbonyl (C=O) groups excluding carboxylic acids is 1. The smallest absolute Gasteiger partial charge is 0.227 e. The molecule has 3 heteroatoms. The summed E-state index contributed by atoms with van der Waals surface area (Å²) in [4.78, 5) is 14.9. The van der Waals surface area contributed by atoms with Crippen molar-refractivity contribution in [3.05, 3.63) is 35.6 Å². The topological polar surface area (TPSA) is 33.5 Å². The molecule has 0 spiro atoms. The van der Waals surface area contributed by atoms with Gasteiger partial charge in [0.25, 0.3) is 0 Å². The van der Waals surface area contributed by atoms with Crippen LogP contribution in [0.1, 0.15) is 50.7 Å². The lowest BCUT2D eigenvalue weighted by Gasteiger charge is -2.33. The molecule has 22 heavy (non-hydrogen) atoms. The first-order chi connectivity index (χ1) is 10.6. The van der Waals surface area contributed by atoms with E-state index in [1.54, 1.807) is 6.26 Å².